The lowest BCUT2D eigenvalue weighted by atomic mass is 10.3. The highest BCUT2D eigenvalue weighted by Crippen LogP contribution is 2.38. The summed E-state index contributed by atoms with van der Waals surface area (Å²) >= 11 is 0. The Hall–Kier alpha value is -1.89. The van der Waals surface area contributed by atoms with E-state index in [0.29, 0.717) is 18.2 Å². The molecule has 106 valence electrons. The number of rotatable bonds is 6. The molecule has 0 radical (unpaired) electrons. The summed E-state index contributed by atoms with van der Waals surface area (Å²) in [4.78, 5) is 0. The van der Waals surface area contributed by atoms with Crippen LogP contribution in [0, 0.1) is 0 Å². The number of hydrogen-bond donors (Lipinski definition) is 1. The molecule has 1 N–H and O–H groups in total. The number of aromatic nitrogens is 3. The standard InChI is InChI=1S/C13H16N4O2S/c18-20(19,15-12-4-2-1-3-5-12)9-8-17-10-13(14-16-17)11-6-7-11/h1-5,10-11,15H,6-9H2. The van der Waals surface area contributed by atoms with Crippen molar-refractivity contribution in [2.45, 2.75) is 25.3 Å². The van der Waals surface area contributed by atoms with E-state index < -0.39 is 10.0 Å². The number of nitrogens with one attached hydrogen (secondary N) is 1. The second kappa shape index (κ2) is 5.24. The third-order valence-corrected chi connectivity index (χ3v) is 4.45. The SMILES string of the molecule is O=S(=O)(CCn1cc(C2CC2)nn1)Nc1ccccc1. The summed E-state index contributed by atoms with van der Waals surface area (Å²) in [7, 11) is -3.37. The lowest BCUT2D eigenvalue weighted by molar-refractivity contribution is 0.579. The number of sulfonamides is 1. The van der Waals surface area contributed by atoms with Crippen molar-refractivity contribution in [1.29, 1.82) is 0 Å². The third-order valence-electron chi connectivity index (χ3n) is 3.19. The molecule has 1 saturated carbocycles. The number of benzene rings is 1. The van der Waals surface area contributed by atoms with Crippen LogP contribution in [0.15, 0.2) is 36.5 Å². The molecule has 0 aliphatic heterocycles. The number of hydrogen-bond acceptors (Lipinski definition) is 4. The van der Waals surface area contributed by atoms with Crippen molar-refractivity contribution in [1.82, 2.24) is 15.0 Å². The Kier molecular flexibility index (Phi) is 3.43. The molecule has 2 aromatic rings. The second-order valence-corrected chi connectivity index (χ2v) is 6.81. The van der Waals surface area contributed by atoms with Gasteiger partial charge in [-0.3, -0.25) is 9.40 Å². The quantitative estimate of drug-likeness (QED) is 0.877. The van der Waals surface area contributed by atoms with Crippen molar-refractivity contribution < 1.29 is 8.42 Å². The largest absolute Gasteiger partial charge is 0.283 e. The Labute approximate surface area is 117 Å². The minimum atomic E-state index is -3.37. The van der Waals surface area contributed by atoms with Gasteiger partial charge in [-0.25, -0.2) is 8.42 Å². The van der Waals surface area contributed by atoms with Crippen LogP contribution >= 0.6 is 0 Å². The average molecular weight is 292 g/mol. The molecule has 1 heterocycles. The van der Waals surface area contributed by atoms with Crippen molar-refractivity contribution in [3.8, 4) is 0 Å². The lowest BCUT2D eigenvalue weighted by Crippen LogP contribution is -2.20. The lowest BCUT2D eigenvalue weighted by Gasteiger charge is -2.07. The van der Waals surface area contributed by atoms with Crippen molar-refractivity contribution in [2.75, 3.05) is 10.5 Å². The first-order valence-electron chi connectivity index (χ1n) is 6.58. The van der Waals surface area contributed by atoms with Crippen LogP contribution in [-0.2, 0) is 16.6 Å². The Balaban J connectivity index is 1.58. The summed E-state index contributed by atoms with van der Waals surface area (Å²) in [5, 5.41) is 8.02. The van der Waals surface area contributed by atoms with Crippen LogP contribution in [-0.4, -0.2) is 29.2 Å². The number of anilines is 1. The summed E-state index contributed by atoms with van der Waals surface area (Å²) in [6.07, 6.45) is 4.16. The fourth-order valence-electron chi connectivity index (χ4n) is 1.94. The normalized spacial score (nSPS) is 15.2. The van der Waals surface area contributed by atoms with E-state index in [1.807, 2.05) is 12.3 Å². The summed E-state index contributed by atoms with van der Waals surface area (Å²) in [5.41, 5.74) is 1.54. The van der Waals surface area contributed by atoms with E-state index in [1.54, 1.807) is 28.9 Å². The summed E-state index contributed by atoms with van der Waals surface area (Å²) in [6, 6.07) is 8.86. The Morgan fingerprint density at radius 3 is 2.70 bits per heavy atom. The van der Waals surface area contributed by atoms with Crippen molar-refractivity contribution in [3.05, 3.63) is 42.2 Å². The molecule has 0 saturated heterocycles. The van der Waals surface area contributed by atoms with E-state index in [1.165, 1.54) is 0 Å². The maximum atomic E-state index is 12.0. The van der Waals surface area contributed by atoms with Crippen LogP contribution in [0.3, 0.4) is 0 Å². The zero-order valence-electron chi connectivity index (χ0n) is 10.9. The van der Waals surface area contributed by atoms with Crippen LogP contribution < -0.4 is 4.72 Å². The highest BCUT2D eigenvalue weighted by Gasteiger charge is 2.26. The van der Waals surface area contributed by atoms with Crippen LogP contribution in [0.25, 0.3) is 0 Å². The van der Waals surface area contributed by atoms with Crippen molar-refractivity contribution in [3.63, 3.8) is 0 Å². The van der Waals surface area contributed by atoms with Crippen LogP contribution in [0.5, 0.6) is 0 Å². The molecular formula is C13H16N4O2S. The molecular weight excluding hydrogens is 276 g/mol. The van der Waals surface area contributed by atoms with Crippen molar-refractivity contribution in [2.24, 2.45) is 0 Å². The predicted molar refractivity (Wildman–Crippen MR) is 75.8 cm³/mol. The van der Waals surface area contributed by atoms with Gasteiger partial charge in [-0.1, -0.05) is 23.4 Å². The third kappa shape index (κ3) is 3.36. The molecule has 0 spiro atoms. The maximum absolute atomic E-state index is 12.0. The van der Waals surface area contributed by atoms with E-state index in [4.69, 9.17) is 0 Å². The Bertz CT molecular complexity index is 677. The van der Waals surface area contributed by atoms with Gasteiger partial charge < -0.3 is 0 Å². The molecule has 6 nitrogen and oxygen atoms in total. The summed E-state index contributed by atoms with van der Waals surface area (Å²) in [5.74, 6) is 0.512. The van der Waals surface area contributed by atoms with Gasteiger partial charge in [0.15, 0.2) is 0 Å². The molecule has 0 unspecified atom stereocenters. The predicted octanol–water partition coefficient (Wildman–Crippen LogP) is 1.60. The fraction of sp³-hybridized carbons (Fsp3) is 0.385. The zero-order valence-corrected chi connectivity index (χ0v) is 11.8. The summed E-state index contributed by atoms with van der Waals surface area (Å²) in [6.45, 7) is 0.307. The molecule has 20 heavy (non-hydrogen) atoms. The first-order valence-corrected chi connectivity index (χ1v) is 8.23. The van der Waals surface area contributed by atoms with Gasteiger partial charge in [0.25, 0.3) is 0 Å². The fourth-order valence-corrected chi connectivity index (χ4v) is 2.96. The van der Waals surface area contributed by atoms with Gasteiger partial charge in [-0.05, 0) is 25.0 Å². The minimum absolute atomic E-state index is 0.0185. The van der Waals surface area contributed by atoms with E-state index in [9.17, 15) is 8.42 Å². The van der Waals surface area contributed by atoms with Gasteiger partial charge in [-0.15, -0.1) is 5.10 Å². The second-order valence-electron chi connectivity index (χ2n) is 4.97. The molecule has 1 aliphatic carbocycles. The molecule has 1 aliphatic rings. The van der Waals surface area contributed by atoms with Gasteiger partial charge in [0.2, 0.25) is 10.0 Å². The molecule has 0 bridgehead atoms. The molecule has 3 rings (SSSR count). The molecule has 1 aromatic carbocycles. The minimum Gasteiger partial charge on any atom is -0.283 e. The van der Waals surface area contributed by atoms with Gasteiger partial charge >= 0.3 is 0 Å². The topological polar surface area (TPSA) is 76.9 Å². The Morgan fingerprint density at radius 2 is 2.00 bits per heavy atom. The first-order chi connectivity index (χ1) is 9.62. The summed E-state index contributed by atoms with van der Waals surface area (Å²) < 4.78 is 28.0. The molecule has 0 amide bonds. The van der Waals surface area contributed by atoms with Gasteiger partial charge in [0.1, 0.15) is 0 Å². The maximum Gasteiger partial charge on any atom is 0.234 e. The Morgan fingerprint density at radius 1 is 1.25 bits per heavy atom. The van der Waals surface area contributed by atoms with Crippen LogP contribution in [0.2, 0.25) is 0 Å². The van der Waals surface area contributed by atoms with E-state index >= 15 is 0 Å². The van der Waals surface area contributed by atoms with Gasteiger partial charge in [0.05, 0.1) is 18.0 Å². The molecule has 1 fully saturated rings. The number of para-hydroxylation sites is 1. The molecule has 0 atom stereocenters. The highest BCUT2D eigenvalue weighted by molar-refractivity contribution is 7.92. The van der Waals surface area contributed by atoms with Gasteiger partial charge in [0, 0.05) is 17.8 Å². The molecule has 7 heteroatoms. The monoisotopic (exact) mass is 292 g/mol. The molecule has 1 aromatic heterocycles. The van der Waals surface area contributed by atoms with Crippen LogP contribution in [0.1, 0.15) is 24.5 Å². The average Bonchev–Trinajstić information content (AvgIpc) is 3.16. The number of aryl methyl sites for hydroxylation is 1. The smallest absolute Gasteiger partial charge is 0.234 e. The zero-order chi connectivity index (χ0) is 14.0. The van der Waals surface area contributed by atoms with E-state index in [0.717, 1.165) is 18.5 Å². The van der Waals surface area contributed by atoms with Crippen molar-refractivity contribution >= 4 is 15.7 Å². The van der Waals surface area contributed by atoms with E-state index in [2.05, 4.69) is 15.0 Å². The van der Waals surface area contributed by atoms with Gasteiger partial charge in [-0.2, -0.15) is 0 Å². The number of nitrogens with zero attached hydrogens (tertiary/aromatic N) is 3. The first kappa shape index (κ1) is 13.1. The van der Waals surface area contributed by atoms with Crippen LogP contribution in [0.4, 0.5) is 5.69 Å². The highest BCUT2D eigenvalue weighted by atomic mass is 32.2. The van der Waals surface area contributed by atoms with E-state index in [-0.39, 0.29) is 5.75 Å².